The van der Waals surface area contributed by atoms with Crippen LogP contribution >= 0.6 is 11.6 Å². The van der Waals surface area contributed by atoms with E-state index < -0.39 is 17.4 Å². The van der Waals surface area contributed by atoms with Gasteiger partial charge in [0.05, 0.1) is 17.1 Å². The van der Waals surface area contributed by atoms with Crippen molar-refractivity contribution >= 4 is 35.1 Å². The minimum Gasteiger partial charge on any atom is -0.481 e. The zero-order valence-electron chi connectivity index (χ0n) is 13.7. The Kier molecular flexibility index (Phi) is 5.49. The zero-order valence-corrected chi connectivity index (χ0v) is 14.5. The Morgan fingerprint density at radius 2 is 2.00 bits per heavy atom. The number of benzene rings is 1. The van der Waals surface area contributed by atoms with Crippen molar-refractivity contribution in [2.45, 2.75) is 39.2 Å². The van der Waals surface area contributed by atoms with Crippen molar-refractivity contribution in [3.63, 3.8) is 0 Å². The number of carbonyl (C=O) groups excluding carboxylic acids is 2. The topological polar surface area (TPSA) is 86.7 Å². The molecule has 1 atom stereocenters. The van der Waals surface area contributed by atoms with E-state index >= 15 is 0 Å². The summed E-state index contributed by atoms with van der Waals surface area (Å²) in [4.78, 5) is 37.0. The highest BCUT2D eigenvalue weighted by Crippen LogP contribution is 2.29. The Labute approximate surface area is 145 Å². The van der Waals surface area contributed by atoms with E-state index in [1.54, 1.807) is 43.0 Å². The summed E-state index contributed by atoms with van der Waals surface area (Å²) in [6.07, 6.45) is 0.440. The van der Waals surface area contributed by atoms with E-state index in [1.165, 1.54) is 0 Å². The van der Waals surface area contributed by atoms with Crippen LogP contribution in [0.4, 0.5) is 5.69 Å². The number of hydrogen-bond donors (Lipinski definition) is 2. The van der Waals surface area contributed by atoms with Crippen molar-refractivity contribution in [3.05, 3.63) is 29.3 Å². The highest BCUT2D eigenvalue weighted by atomic mass is 35.5. The van der Waals surface area contributed by atoms with Gasteiger partial charge in [-0.05, 0) is 24.0 Å². The second-order valence-electron chi connectivity index (χ2n) is 6.76. The number of carboxylic acid groups (broad SMARTS) is 1. The molecule has 1 saturated heterocycles. The maximum atomic E-state index is 12.5. The minimum atomic E-state index is -0.949. The number of rotatable bonds is 6. The second kappa shape index (κ2) is 7.21. The third kappa shape index (κ3) is 4.47. The molecule has 0 aromatic heterocycles. The number of anilines is 1. The molecule has 1 aromatic rings. The second-order valence-corrected chi connectivity index (χ2v) is 7.17. The molecule has 0 aliphatic carbocycles. The molecule has 1 aromatic carbocycles. The molecule has 0 radical (unpaired) electrons. The lowest BCUT2D eigenvalue weighted by atomic mass is 9.85. The van der Waals surface area contributed by atoms with E-state index in [2.05, 4.69) is 5.32 Å². The summed E-state index contributed by atoms with van der Waals surface area (Å²) in [5.74, 6) is -1.47. The van der Waals surface area contributed by atoms with Crippen LogP contribution in [0, 0.1) is 5.41 Å². The maximum Gasteiger partial charge on any atom is 0.303 e. The molecular formula is C17H21ClN2O4. The summed E-state index contributed by atoms with van der Waals surface area (Å²) in [5.41, 5.74) is -0.0351. The molecule has 2 amide bonds. The van der Waals surface area contributed by atoms with E-state index in [0.717, 1.165) is 0 Å². The van der Waals surface area contributed by atoms with Gasteiger partial charge in [0.1, 0.15) is 6.04 Å². The smallest absolute Gasteiger partial charge is 0.303 e. The molecule has 7 heteroatoms. The molecule has 2 N–H and O–H groups in total. The number of hydrogen-bond acceptors (Lipinski definition) is 3. The average molecular weight is 353 g/mol. The van der Waals surface area contributed by atoms with Gasteiger partial charge in [-0.3, -0.25) is 14.4 Å². The number of amides is 2. The lowest BCUT2D eigenvalue weighted by Gasteiger charge is -2.23. The third-order valence-corrected chi connectivity index (χ3v) is 4.27. The van der Waals surface area contributed by atoms with Crippen LogP contribution in [0.2, 0.25) is 5.02 Å². The fraction of sp³-hybridized carbons (Fsp3) is 0.471. The molecule has 24 heavy (non-hydrogen) atoms. The summed E-state index contributed by atoms with van der Waals surface area (Å²) in [5, 5.41) is 12.1. The van der Waals surface area contributed by atoms with E-state index in [4.69, 9.17) is 16.7 Å². The van der Waals surface area contributed by atoms with Gasteiger partial charge in [0, 0.05) is 13.0 Å². The van der Waals surface area contributed by atoms with Crippen molar-refractivity contribution in [1.82, 2.24) is 5.32 Å². The third-order valence-electron chi connectivity index (χ3n) is 3.95. The summed E-state index contributed by atoms with van der Waals surface area (Å²) in [6, 6.07) is 6.46. The molecule has 1 heterocycles. The molecule has 0 unspecified atom stereocenters. The first-order valence-electron chi connectivity index (χ1n) is 7.77. The highest BCUT2D eigenvalue weighted by Gasteiger charge is 2.35. The Hall–Kier alpha value is -2.08. The number of nitrogens with one attached hydrogen (secondary N) is 1. The molecule has 6 nitrogen and oxygen atoms in total. The minimum absolute atomic E-state index is 0.0508. The quantitative estimate of drug-likeness (QED) is 0.823. The molecule has 0 bridgehead atoms. The fourth-order valence-electron chi connectivity index (χ4n) is 2.88. The Balaban J connectivity index is 1.97. The fourth-order valence-corrected chi connectivity index (χ4v) is 3.11. The number of para-hydroxylation sites is 1. The first-order chi connectivity index (χ1) is 11.2. The van der Waals surface area contributed by atoms with E-state index in [-0.39, 0.29) is 24.7 Å². The largest absolute Gasteiger partial charge is 0.481 e. The van der Waals surface area contributed by atoms with Crippen LogP contribution in [0.5, 0.6) is 0 Å². The number of nitrogens with zero attached hydrogens (tertiary/aromatic N) is 1. The molecule has 1 aliphatic rings. The molecule has 2 rings (SSSR count). The molecule has 1 fully saturated rings. The number of halogens is 1. The van der Waals surface area contributed by atoms with Gasteiger partial charge in [-0.25, -0.2) is 0 Å². The summed E-state index contributed by atoms with van der Waals surface area (Å²) >= 11 is 6.12. The summed E-state index contributed by atoms with van der Waals surface area (Å²) in [6.45, 7) is 3.91. The summed E-state index contributed by atoms with van der Waals surface area (Å²) < 4.78 is 0. The van der Waals surface area contributed by atoms with E-state index in [1.807, 2.05) is 0 Å². The first kappa shape index (κ1) is 18.3. The van der Waals surface area contributed by atoms with Gasteiger partial charge in [0.25, 0.3) is 0 Å². The van der Waals surface area contributed by atoms with Crippen molar-refractivity contribution < 1.29 is 19.5 Å². The van der Waals surface area contributed by atoms with Crippen molar-refractivity contribution in [2.75, 3.05) is 11.4 Å². The lowest BCUT2D eigenvalue weighted by molar-refractivity contribution is -0.140. The van der Waals surface area contributed by atoms with Crippen LogP contribution in [0.1, 0.15) is 33.1 Å². The standard InChI is InChI=1S/C17H21ClN2O4/c1-17(2,10-15(22)23)9-14(21)19-12-7-8-20(16(12)24)13-6-4-3-5-11(13)18/h3-6,12H,7-10H2,1-2H3,(H,19,21)(H,22,23)/t12-/m1/s1. The van der Waals surface area contributed by atoms with Gasteiger partial charge in [0.2, 0.25) is 11.8 Å². The summed E-state index contributed by atoms with van der Waals surface area (Å²) in [7, 11) is 0. The van der Waals surface area contributed by atoms with Crippen LogP contribution in [0.25, 0.3) is 0 Å². The van der Waals surface area contributed by atoms with Gasteiger partial charge < -0.3 is 15.3 Å². The Morgan fingerprint density at radius 1 is 1.33 bits per heavy atom. The van der Waals surface area contributed by atoms with Crippen LogP contribution < -0.4 is 10.2 Å². The van der Waals surface area contributed by atoms with Crippen LogP contribution in [0.15, 0.2) is 24.3 Å². The van der Waals surface area contributed by atoms with Gasteiger partial charge in [0.15, 0.2) is 0 Å². The van der Waals surface area contributed by atoms with Crippen molar-refractivity contribution in [2.24, 2.45) is 5.41 Å². The Morgan fingerprint density at radius 3 is 2.62 bits per heavy atom. The van der Waals surface area contributed by atoms with E-state index in [9.17, 15) is 14.4 Å². The van der Waals surface area contributed by atoms with Crippen LogP contribution in [-0.4, -0.2) is 35.5 Å². The lowest BCUT2D eigenvalue weighted by Crippen LogP contribution is -2.43. The van der Waals surface area contributed by atoms with Gasteiger partial charge in [-0.2, -0.15) is 0 Å². The van der Waals surface area contributed by atoms with E-state index in [0.29, 0.717) is 23.7 Å². The average Bonchev–Trinajstić information content (AvgIpc) is 2.78. The van der Waals surface area contributed by atoms with Gasteiger partial charge in [-0.1, -0.05) is 37.6 Å². The number of aliphatic carboxylic acids is 1. The van der Waals surface area contributed by atoms with Crippen molar-refractivity contribution in [1.29, 1.82) is 0 Å². The van der Waals surface area contributed by atoms with Crippen molar-refractivity contribution in [3.8, 4) is 0 Å². The van der Waals surface area contributed by atoms with Crippen LogP contribution in [0.3, 0.4) is 0 Å². The van der Waals surface area contributed by atoms with Gasteiger partial charge >= 0.3 is 5.97 Å². The molecule has 1 aliphatic heterocycles. The van der Waals surface area contributed by atoms with Crippen LogP contribution in [-0.2, 0) is 14.4 Å². The predicted molar refractivity (Wildman–Crippen MR) is 91.0 cm³/mol. The highest BCUT2D eigenvalue weighted by molar-refractivity contribution is 6.34. The zero-order chi connectivity index (χ0) is 17.9. The predicted octanol–water partition coefficient (Wildman–Crippen LogP) is 2.45. The number of carboxylic acids is 1. The monoisotopic (exact) mass is 352 g/mol. The molecule has 0 saturated carbocycles. The maximum absolute atomic E-state index is 12.5. The molecule has 130 valence electrons. The SMILES string of the molecule is CC(C)(CC(=O)O)CC(=O)N[C@@H]1CCN(c2ccccc2Cl)C1=O. The normalized spacial score (nSPS) is 17.9. The Bertz CT molecular complexity index is 660. The number of carbonyl (C=O) groups is 3. The molecule has 0 spiro atoms. The first-order valence-corrected chi connectivity index (χ1v) is 8.14. The molecular weight excluding hydrogens is 332 g/mol. The van der Waals surface area contributed by atoms with Gasteiger partial charge in [-0.15, -0.1) is 0 Å².